The van der Waals surface area contributed by atoms with Gasteiger partial charge in [-0.25, -0.2) is 0 Å². The second kappa shape index (κ2) is 28.5. The largest absolute Gasteiger partial charge is 0.505 e. The van der Waals surface area contributed by atoms with Crippen LogP contribution in [0.5, 0.6) is 34.5 Å². The number of carbonyl (C=O) groups is 2. The lowest BCUT2D eigenvalue weighted by molar-refractivity contribution is 0.101. The number of carbonyl (C=O) groups excluding carboxylic acids is 2. The molecular weight excluding hydrogens is 1250 g/mol. The van der Waals surface area contributed by atoms with Gasteiger partial charge in [-0.1, -0.05) is 18.2 Å². The third-order valence-corrected chi connectivity index (χ3v) is 15.9. The van der Waals surface area contributed by atoms with Crippen LogP contribution < -0.4 is 34.3 Å². The van der Waals surface area contributed by atoms with E-state index >= 15 is 0 Å². The third-order valence-electron chi connectivity index (χ3n) is 13.4. The molecule has 0 saturated carbocycles. The number of hydrogen-bond acceptors (Lipinski definition) is 22. The molecule has 30 heteroatoms. The number of ether oxygens (including phenoxy) is 5. The minimum atomic E-state index is -5.01. The molecule has 0 aliphatic carbocycles. The second-order valence-corrected chi connectivity index (χ2v) is 24.1. The molecule has 0 spiro atoms. The van der Waals surface area contributed by atoms with Crippen LogP contribution in [0, 0.1) is 6.92 Å². The summed E-state index contributed by atoms with van der Waals surface area (Å²) in [4.78, 5) is 25.0. The molecule has 0 aromatic heterocycles. The van der Waals surface area contributed by atoms with Crippen molar-refractivity contribution in [3.63, 3.8) is 0 Å². The Kier molecular flexibility index (Phi) is 20.4. The number of benzene rings is 9. The van der Waals surface area contributed by atoms with Crippen LogP contribution in [-0.2, 0) is 30.4 Å². The van der Waals surface area contributed by atoms with E-state index in [1.807, 2.05) is 0 Å². The monoisotopic (exact) mass is 1310 g/mol. The van der Waals surface area contributed by atoms with Gasteiger partial charge in [0.15, 0.2) is 5.75 Å². The maximum absolute atomic E-state index is 13.4. The Morgan fingerprint density at radius 1 is 0.478 bits per heavy atom. The highest BCUT2D eigenvalue weighted by molar-refractivity contribution is 7.86. The predicted octanol–water partition coefficient (Wildman–Crippen LogP) is 15.1. The van der Waals surface area contributed by atoms with Crippen LogP contribution in [0.2, 0.25) is 0 Å². The van der Waals surface area contributed by atoms with Crippen molar-refractivity contribution in [2.24, 2.45) is 40.9 Å². The minimum absolute atomic E-state index is 0.00400. The highest BCUT2D eigenvalue weighted by Gasteiger charge is 2.24. The van der Waals surface area contributed by atoms with Crippen molar-refractivity contribution in [1.82, 2.24) is 0 Å². The molecule has 9 aromatic rings. The Labute approximate surface area is 526 Å². The highest BCUT2D eigenvalue weighted by Crippen LogP contribution is 2.47. The summed E-state index contributed by atoms with van der Waals surface area (Å²) in [6, 6.07) is 38.2. The fraction of sp³-hybridized carbons (Fsp3) is 0.161. The number of fused-ring (bicyclic) bond motifs is 2. The van der Waals surface area contributed by atoms with E-state index in [0.29, 0.717) is 39.3 Å². The van der Waals surface area contributed by atoms with Gasteiger partial charge in [-0.15, -0.1) is 25.6 Å². The zero-order valence-corrected chi connectivity index (χ0v) is 51.8. The van der Waals surface area contributed by atoms with Gasteiger partial charge in [0.2, 0.25) is 0 Å². The summed E-state index contributed by atoms with van der Waals surface area (Å²) >= 11 is 0. The van der Waals surface area contributed by atoms with Gasteiger partial charge in [0.25, 0.3) is 42.2 Å². The molecule has 2 amide bonds. The van der Waals surface area contributed by atoms with Gasteiger partial charge in [-0.3, -0.25) is 23.2 Å². The van der Waals surface area contributed by atoms with Gasteiger partial charge >= 0.3 is 0 Å². The summed E-state index contributed by atoms with van der Waals surface area (Å²) in [5, 5.41) is 52.6. The summed E-state index contributed by atoms with van der Waals surface area (Å²) in [6.45, 7) is 5.59. The van der Waals surface area contributed by atoms with E-state index in [9.17, 15) is 49.1 Å². The number of methoxy groups -OCH3 is 2. The van der Waals surface area contributed by atoms with Gasteiger partial charge in [-0.2, -0.15) is 40.6 Å². The Hall–Kier alpha value is -10.6. The molecule has 0 aliphatic rings. The van der Waals surface area contributed by atoms with E-state index in [1.165, 1.54) is 56.7 Å². The number of aromatic hydroxyl groups is 1. The van der Waals surface area contributed by atoms with Crippen LogP contribution in [-0.4, -0.2) is 95.6 Å². The number of amides is 2. The number of nitrogens with zero attached hydrogens (tertiary/aromatic N) is 8. The summed E-state index contributed by atoms with van der Waals surface area (Å²) in [5.74, 6) is -1.36. The molecule has 0 bridgehead atoms. The minimum Gasteiger partial charge on any atom is -0.505 e. The molecule has 27 nitrogen and oxygen atoms in total. The molecular formula is C62H56N10O17S3. The van der Waals surface area contributed by atoms with Gasteiger partial charge in [-0.05, 0) is 147 Å². The molecule has 0 aliphatic heterocycles. The first-order chi connectivity index (χ1) is 43.9. The first-order valence-electron chi connectivity index (χ1n) is 27.6. The van der Waals surface area contributed by atoms with E-state index < -0.39 is 69.1 Å². The van der Waals surface area contributed by atoms with Crippen LogP contribution in [0.1, 0.15) is 46.5 Å². The Morgan fingerprint density at radius 2 is 0.978 bits per heavy atom. The van der Waals surface area contributed by atoms with Crippen LogP contribution in [0.4, 0.5) is 56.9 Å². The zero-order valence-electron chi connectivity index (χ0n) is 49.4. The van der Waals surface area contributed by atoms with E-state index in [0.717, 1.165) is 12.1 Å². The van der Waals surface area contributed by atoms with Gasteiger partial charge in [0, 0.05) is 63.6 Å². The highest BCUT2D eigenvalue weighted by atomic mass is 32.2. The molecule has 0 heterocycles. The fourth-order valence-corrected chi connectivity index (χ4v) is 10.7. The first kappa shape index (κ1) is 65.8. The second-order valence-electron chi connectivity index (χ2n) is 19.7. The standard InChI is InChI=1S/C62H56N10O17S3/c1-6-87-56-35-52(70-69-49-32-55(86-5)50(33-54(49)85-4)71-72-59-58(92(82,83)84)30-40-28-44(20-22-47(40)60(59)73)63-61(74)37-12-9-8-10-13-37)57(88-7-2)34-51(56)68-66-42-17-15-41(16-18-42)65-67-48-23-14-38(26-36(48)3)62(75)64-43-19-21-46-39(27-43)29-45(91(79,80)81)31-53(46)89-24-11-25-90(76,77)78/h8-10,12-23,26-35,73H,6-7,11,24-25H2,1-5H3,(H,63,74)(H,64,75)(H,76,77,78)(H,79,80,81)(H,82,83,84). The summed E-state index contributed by atoms with van der Waals surface area (Å²) < 4.78 is 130. The average molecular weight is 1310 g/mol. The molecule has 0 unspecified atom stereocenters. The molecule has 0 atom stereocenters. The average Bonchev–Trinajstić information content (AvgIpc) is 0.800. The summed E-state index contributed by atoms with van der Waals surface area (Å²) in [6.07, 6.45) is -0.0953. The summed E-state index contributed by atoms with van der Waals surface area (Å²) in [5.41, 5.74) is 3.34. The van der Waals surface area contributed by atoms with Crippen LogP contribution in [0.25, 0.3) is 21.5 Å². The molecule has 6 N–H and O–H groups in total. The number of azo groups is 4. The molecule has 0 fully saturated rings. The molecule has 9 aromatic carbocycles. The van der Waals surface area contributed by atoms with Crippen molar-refractivity contribution in [2.75, 3.05) is 50.4 Å². The number of rotatable bonds is 25. The molecule has 474 valence electrons. The lowest BCUT2D eigenvalue weighted by atomic mass is 10.1. The lowest BCUT2D eigenvalue weighted by Crippen LogP contribution is -2.12. The quantitative estimate of drug-likeness (QED) is 0.0176. The number of aryl methyl sites for hydroxylation is 1. The van der Waals surface area contributed by atoms with Crippen LogP contribution in [0.3, 0.4) is 0 Å². The van der Waals surface area contributed by atoms with Crippen LogP contribution in [0.15, 0.2) is 202 Å². The molecule has 0 radical (unpaired) electrons. The van der Waals surface area contributed by atoms with E-state index in [-0.39, 0.29) is 105 Å². The number of phenols is 1. The zero-order chi connectivity index (χ0) is 65.9. The maximum atomic E-state index is 13.4. The number of phenolic OH excluding ortho intramolecular Hbond substituents is 1. The lowest BCUT2D eigenvalue weighted by Gasteiger charge is -2.13. The fourth-order valence-electron chi connectivity index (χ4n) is 8.99. The van der Waals surface area contributed by atoms with Gasteiger partial charge in [0.05, 0.1) is 61.8 Å². The molecule has 9 rings (SSSR count). The van der Waals surface area contributed by atoms with Crippen molar-refractivity contribution in [2.45, 2.75) is 37.0 Å². The van der Waals surface area contributed by atoms with Gasteiger partial charge in [0.1, 0.15) is 62.1 Å². The van der Waals surface area contributed by atoms with Crippen molar-refractivity contribution >= 4 is 121 Å². The number of nitrogens with one attached hydrogen (secondary N) is 2. The van der Waals surface area contributed by atoms with Crippen molar-refractivity contribution < 1.29 is 77.3 Å². The Morgan fingerprint density at radius 3 is 1.50 bits per heavy atom. The number of anilines is 2. The Bertz CT molecular complexity index is 4800. The van der Waals surface area contributed by atoms with Crippen molar-refractivity contribution in [3.8, 4) is 34.5 Å². The van der Waals surface area contributed by atoms with E-state index in [2.05, 4.69) is 51.5 Å². The van der Waals surface area contributed by atoms with E-state index in [4.69, 9.17) is 28.2 Å². The van der Waals surface area contributed by atoms with Gasteiger partial charge < -0.3 is 39.4 Å². The number of hydrogen-bond donors (Lipinski definition) is 6. The smallest absolute Gasteiger partial charge is 0.296 e. The van der Waals surface area contributed by atoms with Crippen LogP contribution >= 0.6 is 0 Å². The normalized spacial score (nSPS) is 12.1. The predicted molar refractivity (Wildman–Crippen MR) is 341 cm³/mol. The van der Waals surface area contributed by atoms with E-state index in [1.54, 1.807) is 118 Å². The SMILES string of the molecule is CCOc1cc(N=Nc2cc(OC)c(N=Nc3c(S(=O)(=O)O)cc4cc(NC(=O)c5ccccc5)ccc4c3O)cc2OC)c(OCC)cc1N=Nc1ccc(N=Nc2ccc(C(=O)Nc3ccc4c(OCCCS(=O)(=O)O)cc(S(=O)(=O)O)cc4c3)cc2C)cc1. The summed E-state index contributed by atoms with van der Waals surface area (Å²) in [7, 11) is -11.2. The molecule has 0 saturated heterocycles. The molecule has 92 heavy (non-hydrogen) atoms. The first-order valence-corrected chi connectivity index (χ1v) is 32.1. The topological polar surface area (TPSA) is 387 Å². The third kappa shape index (κ3) is 16.4. The van der Waals surface area contributed by atoms with Crippen molar-refractivity contribution in [3.05, 3.63) is 168 Å². The Balaban J connectivity index is 0.876. The van der Waals surface area contributed by atoms with Crippen molar-refractivity contribution in [1.29, 1.82) is 0 Å². The maximum Gasteiger partial charge on any atom is 0.296 e.